The Morgan fingerprint density at radius 3 is 2.37 bits per heavy atom. The lowest BCUT2D eigenvalue weighted by Crippen LogP contribution is -2.26. The van der Waals surface area contributed by atoms with Crippen LogP contribution in [0.5, 0.6) is 0 Å². The highest BCUT2D eigenvalue weighted by molar-refractivity contribution is 7.89. The third-order valence-corrected chi connectivity index (χ3v) is 8.71. The Morgan fingerprint density at radius 1 is 1.11 bits per heavy atom. The van der Waals surface area contributed by atoms with Crippen molar-refractivity contribution >= 4 is 49.9 Å². The number of carbonyl (C=O) groups is 3. The summed E-state index contributed by atoms with van der Waals surface area (Å²) in [5.41, 5.74) is 1.58. The number of carbonyl (C=O) groups excluding carboxylic acids is 3. The molecule has 1 aromatic carbocycles. The third-order valence-electron chi connectivity index (χ3n) is 5.78. The Kier molecular flexibility index (Phi) is 8.18. The van der Waals surface area contributed by atoms with E-state index in [4.69, 9.17) is 9.47 Å². The first kappa shape index (κ1) is 26.6. The number of nitrogens with one attached hydrogen (secondary N) is 1. The molecule has 12 heteroatoms. The number of thiophene rings is 1. The number of rotatable bonds is 8. The van der Waals surface area contributed by atoms with Crippen molar-refractivity contribution in [1.29, 1.82) is 0 Å². The summed E-state index contributed by atoms with van der Waals surface area (Å²) in [7, 11) is 0.288. The van der Waals surface area contributed by atoms with Crippen molar-refractivity contribution in [3.8, 4) is 0 Å². The smallest absolute Gasteiger partial charge is 0.341 e. The standard InChI is InChI=1S/C23H29N3O7S2/c1-14-15(2)34-21(20(14)23(29)32-5)24-19(27)13-33-22(28)17-12-16(35(30,31)25(3)4)8-9-18(17)26-10-6-7-11-26/h8-9,12H,6-7,10-11,13H2,1-5H3,(H,24,27). The molecule has 3 rings (SSSR count). The van der Waals surface area contributed by atoms with E-state index in [1.54, 1.807) is 13.0 Å². The molecule has 2 heterocycles. The molecule has 1 N–H and O–H groups in total. The number of esters is 2. The van der Waals surface area contributed by atoms with Gasteiger partial charge in [0.2, 0.25) is 10.0 Å². The molecule has 2 aromatic rings. The van der Waals surface area contributed by atoms with Gasteiger partial charge in [-0.05, 0) is 50.5 Å². The predicted molar refractivity (Wildman–Crippen MR) is 133 cm³/mol. The zero-order valence-corrected chi connectivity index (χ0v) is 22.0. The van der Waals surface area contributed by atoms with Gasteiger partial charge in [0.25, 0.3) is 5.91 Å². The van der Waals surface area contributed by atoms with Crippen LogP contribution < -0.4 is 10.2 Å². The summed E-state index contributed by atoms with van der Waals surface area (Å²) in [4.78, 5) is 40.4. The van der Waals surface area contributed by atoms with Gasteiger partial charge in [0.05, 0.1) is 28.8 Å². The van der Waals surface area contributed by atoms with Crippen molar-refractivity contribution in [2.24, 2.45) is 0 Å². The summed E-state index contributed by atoms with van der Waals surface area (Å²) in [5, 5.41) is 2.91. The van der Waals surface area contributed by atoms with Crippen LogP contribution in [0.3, 0.4) is 0 Å². The van der Waals surface area contributed by atoms with Crippen LogP contribution >= 0.6 is 11.3 Å². The van der Waals surface area contributed by atoms with Gasteiger partial charge >= 0.3 is 11.9 Å². The first-order valence-electron chi connectivity index (χ1n) is 10.9. The number of amides is 1. The van der Waals surface area contributed by atoms with E-state index in [0.717, 1.165) is 35.1 Å². The fourth-order valence-electron chi connectivity index (χ4n) is 3.72. The van der Waals surface area contributed by atoms with E-state index in [2.05, 4.69) is 5.32 Å². The van der Waals surface area contributed by atoms with Crippen LogP contribution in [-0.2, 0) is 24.3 Å². The summed E-state index contributed by atoms with van der Waals surface area (Å²) >= 11 is 1.22. The van der Waals surface area contributed by atoms with Crippen molar-refractivity contribution in [2.75, 3.05) is 51.1 Å². The molecule has 0 saturated carbocycles. The van der Waals surface area contributed by atoms with Gasteiger partial charge < -0.3 is 19.7 Å². The average Bonchev–Trinajstić information content (AvgIpc) is 3.45. The van der Waals surface area contributed by atoms with Crippen molar-refractivity contribution in [3.05, 3.63) is 39.8 Å². The van der Waals surface area contributed by atoms with Gasteiger partial charge in [-0.15, -0.1) is 11.3 Å². The van der Waals surface area contributed by atoms with Crippen molar-refractivity contribution < 1.29 is 32.3 Å². The van der Waals surface area contributed by atoms with E-state index in [1.807, 2.05) is 11.8 Å². The zero-order valence-electron chi connectivity index (χ0n) is 20.3. The maximum Gasteiger partial charge on any atom is 0.341 e. The van der Waals surface area contributed by atoms with Crippen LogP contribution in [-0.4, -0.2) is 71.5 Å². The van der Waals surface area contributed by atoms with Crippen LogP contribution in [0.2, 0.25) is 0 Å². The fourth-order valence-corrected chi connectivity index (χ4v) is 5.71. The van der Waals surface area contributed by atoms with Gasteiger partial charge in [-0.1, -0.05) is 0 Å². The first-order chi connectivity index (χ1) is 16.5. The Hall–Kier alpha value is -2.96. The quantitative estimate of drug-likeness (QED) is 0.524. The molecule has 1 aliphatic rings. The number of nitrogens with zero attached hydrogens (tertiary/aromatic N) is 2. The highest BCUT2D eigenvalue weighted by atomic mass is 32.2. The molecule has 190 valence electrons. The lowest BCUT2D eigenvalue weighted by atomic mass is 10.1. The van der Waals surface area contributed by atoms with Crippen LogP contribution in [0.15, 0.2) is 23.1 Å². The van der Waals surface area contributed by atoms with Crippen LogP contribution in [0, 0.1) is 13.8 Å². The third kappa shape index (κ3) is 5.65. The minimum absolute atomic E-state index is 0.0471. The highest BCUT2D eigenvalue weighted by Gasteiger charge is 2.26. The molecule has 0 radical (unpaired) electrons. The summed E-state index contributed by atoms with van der Waals surface area (Å²) in [6, 6.07) is 4.34. The molecule has 1 saturated heterocycles. The van der Waals surface area contributed by atoms with E-state index in [9.17, 15) is 22.8 Å². The lowest BCUT2D eigenvalue weighted by Gasteiger charge is -2.22. The van der Waals surface area contributed by atoms with Gasteiger partial charge in [0.1, 0.15) is 5.00 Å². The van der Waals surface area contributed by atoms with Crippen LogP contribution in [0.4, 0.5) is 10.7 Å². The monoisotopic (exact) mass is 523 g/mol. The molecular weight excluding hydrogens is 494 g/mol. The molecule has 0 aliphatic carbocycles. The van der Waals surface area contributed by atoms with E-state index in [0.29, 0.717) is 16.3 Å². The Bertz CT molecular complexity index is 1250. The predicted octanol–water partition coefficient (Wildman–Crippen LogP) is 2.80. The molecule has 1 fully saturated rings. The molecule has 0 atom stereocenters. The summed E-state index contributed by atoms with van der Waals surface area (Å²) in [5.74, 6) is -2.03. The van der Waals surface area contributed by atoms with Crippen molar-refractivity contribution in [2.45, 2.75) is 31.6 Å². The maximum atomic E-state index is 13.0. The number of methoxy groups -OCH3 is 1. The Labute approximate surface area is 208 Å². The maximum absolute atomic E-state index is 13.0. The minimum atomic E-state index is -3.78. The Morgan fingerprint density at radius 2 is 1.77 bits per heavy atom. The topological polar surface area (TPSA) is 122 Å². The largest absolute Gasteiger partial charge is 0.465 e. The molecule has 0 bridgehead atoms. The number of hydrogen-bond donors (Lipinski definition) is 1. The lowest BCUT2D eigenvalue weighted by molar-refractivity contribution is -0.119. The zero-order chi connectivity index (χ0) is 25.9. The van der Waals surface area contributed by atoms with E-state index in [-0.39, 0.29) is 16.0 Å². The van der Waals surface area contributed by atoms with Crippen molar-refractivity contribution in [1.82, 2.24) is 4.31 Å². The minimum Gasteiger partial charge on any atom is -0.465 e. The van der Waals surface area contributed by atoms with Crippen LogP contribution in [0.1, 0.15) is 44.0 Å². The second-order valence-corrected chi connectivity index (χ2v) is 11.6. The van der Waals surface area contributed by atoms with Gasteiger partial charge in [-0.2, -0.15) is 0 Å². The molecule has 0 unspecified atom stereocenters. The van der Waals surface area contributed by atoms with Gasteiger partial charge in [0, 0.05) is 32.1 Å². The SMILES string of the molecule is COC(=O)c1c(NC(=O)COC(=O)c2cc(S(=O)(=O)N(C)C)ccc2N2CCCC2)sc(C)c1C. The van der Waals surface area contributed by atoms with Gasteiger partial charge in [-0.3, -0.25) is 4.79 Å². The van der Waals surface area contributed by atoms with E-state index < -0.39 is 34.5 Å². The number of benzene rings is 1. The number of sulfonamides is 1. The first-order valence-corrected chi connectivity index (χ1v) is 13.2. The number of hydrogen-bond acceptors (Lipinski definition) is 9. The molecule has 0 spiro atoms. The van der Waals surface area contributed by atoms with E-state index in [1.165, 1.54) is 44.7 Å². The fraction of sp³-hybridized carbons (Fsp3) is 0.435. The Balaban J connectivity index is 1.81. The second-order valence-electron chi connectivity index (χ2n) is 8.26. The van der Waals surface area contributed by atoms with Gasteiger partial charge in [0.15, 0.2) is 6.61 Å². The molecule has 10 nitrogen and oxygen atoms in total. The average molecular weight is 524 g/mol. The molecule has 1 aromatic heterocycles. The second kappa shape index (κ2) is 10.8. The van der Waals surface area contributed by atoms with E-state index >= 15 is 0 Å². The molecular formula is C23H29N3O7S2. The number of anilines is 2. The summed E-state index contributed by atoms with van der Waals surface area (Å²) in [6.07, 6.45) is 1.91. The molecule has 35 heavy (non-hydrogen) atoms. The van der Waals surface area contributed by atoms with Gasteiger partial charge in [-0.25, -0.2) is 22.3 Å². The molecule has 1 aliphatic heterocycles. The molecule has 1 amide bonds. The van der Waals surface area contributed by atoms with Crippen LogP contribution in [0.25, 0.3) is 0 Å². The van der Waals surface area contributed by atoms with Crippen molar-refractivity contribution in [3.63, 3.8) is 0 Å². The number of ether oxygens (including phenoxy) is 2. The number of aryl methyl sites for hydroxylation is 1. The summed E-state index contributed by atoms with van der Waals surface area (Å²) < 4.78 is 36.3. The summed E-state index contributed by atoms with van der Waals surface area (Å²) in [6.45, 7) is 4.42. The normalized spacial score (nSPS) is 13.7. The highest BCUT2D eigenvalue weighted by Crippen LogP contribution is 2.33.